The third kappa shape index (κ3) is 3.22. The lowest BCUT2D eigenvalue weighted by Gasteiger charge is -2.16. The molecule has 110 valence electrons. The Morgan fingerprint density at radius 2 is 2.05 bits per heavy atom. The second-order valence-corrected chi connectivity index (χ2v) is 4.97. The predicted molar refractivity (Wildman–Crippen MR) is 82.4 cm³/mol. The molecule has 0 radical (unpaired) electrons. The normalized spacial score (nSPS) is 10.5. The first-order valence-corrected chi connectivity index (χ1v) is 7.18. The minimum atomic E-state index is -0.784. The maximum atomic E-state index is 13.6. The van der Waals surface area contributed by atoms with Gasteiger partial charge in [-0.15, -0.1) is 0 Å². The first-order valence-electron chi connectivity index (χ1n) is 6.80. The van der Waals surface area contributed by atoms with E-state index in [-0.39, 0.29) is 5.56 Å². The highest BCUT2D eigenvalue weighted by molar-refractivity contribution is 6.32. The summed E-state index contributed by atoms with van der Waals surface area (Å²) in [6.45, 7) is 3.95. The Labute approximate surface area is 128 Å². The average molecular weight is 307 g/mol. The van der Waals surface area contributed by atoms with E-state index < -0.39 is 11.9 Å². The summed E-state index contributed by atoms with van der Waals surface area (Å²) >= 11 is 6.18. The van der Waals surface area contributed by atoms with E-state index in [0.29, 0.717) is 17.1 Å². The van der Waals surface area contributed by atoms with Crippen LogP contribution in [0.5, 0.6) is 0 Å². The molecule has 0 fully saturated rings. The molecule has 1 heterocycles. The van der Waals surface area contributed by atoms with Gasteiger partial charge in [-0.25, -0.2) is 4.98 Å². The summed E-state index contributed by atoms with van der Waals surface area (Å²) in [4.78, 5) is 15.7. The molecule has 21 heavy (non-hydrogen) atoms. The van der Waals surface area contributed by atoms with E-state index in [9.17, 15) is 9.18 Å². The molecule has 1 N–H and O–H groups in total. The summed E-state index contributed by atoms with van der Waals surface area (Å²) < 4.78 is 13.6. The van der Waals surface area contributed by atoms with Crippen LogP contribution in [-0.2, 0) is 12.8 Å². The van der Waals surface area contributed by atoms with Crippen LogP contribution in [0.15, 0.2) is 30.5 Å². The van der Waals surface area contributed by atoms with Crippen LogP contribution in [0, 0.1) is 5.95 Å². The van der Waals surface area contributed by atoms with Crippen molar-refractivity contribution in [3.05, 3.63) is 58.1 Å². The van der Waals surface area contributed by atoms with Crippen molar-refractivity contribution in [1.29, 1.82) is 0 Å². The zero-order chi connectivity index (χ0) is 15.4. The van der Waals surface area contributed by atoms with Crippen molar-refractivity contribution in [2.24, 2.45) is 0 Å². The van der Waals surface area contributed by atoms with Crippen molar-refractivity contribution in [3.8, 4) is 0 Å². The number of hydrogen-bond donors (Lipinski definition) is 1. The first-order chi connectivity index (χ1) is 10.1. The predicted octanol–water partition coefficient (Wildman–Crippen LogP) is 4.25. The number of benzene rings is 1. The molecule has 0 saturated heterocycles. The van der Waals surface area contributed by atoms with Gasteiger partial charge in [0.2, 0.25) is 5.95 Å². The molecule has 2 aromatic rings. The minimum absolute atomic E-state index is 0.0819. The number of amides is 1. The van der Waals surface area contributed by atoms with Crippen molar-refractivity contribution < 1.29 is 9.18 Å². The number of halogens is 2. The van der Waals surface area contributed by atoms with Crippen LogP contribution in [0.3, 0.4) is 0 Å². The molecule has 2 rings (SSSR count). The highest BCUT2D eigenvalue weighted by Gasteiger charge is 2.17. The van der Waals surface area contributed by atoms with Crippen LogP contribution in [0.4, 0.5) is 10.1 Å². The third-order valence-corrected chi connectivity index (χ3v) is 3.67. The molecule has 0 aliphatic rings. The lowest BCUT2D eigenvalue weighted by atomic mass is 10.0. The number of carbonyl (C=O) groups is 1. The maximum Gasteiger partial charge on any atom is 0.260 e. The number of nitrogens with zero attached hydrogens (tertiary/aromatic N) is 1. The largest absolute Gasteiger partial charge is 0.321 e. The molecule has 0 aliphatic heterocycles. The van der Waals surface area contributed by atoms with Gasteiger partial charge in [0.25, 0.3) is 5.91 Å². The number of carbonyl (C=O) groups excluding carboxylic acids is 1. The Hall–Kier alpha value is -1.94. The number of rotatable bonds is 4. The SMILES string of the molecule is CCc1ccc(Cl)c(CC)c1NC(=O)c1cccnc1F. The number of aromatic nitrogens is 1. The number of pyridine rings is 1. The summed E-state index contributed by atoms with van der Waals surface area (Å²) in [5.74, 6) is -1.31. The fourth-order valence-electron chi connectivity index (χ4n) is 2.20. The second-order valence-electron chi connectivity index (χ2n) is 4.56. The van der Waals surface area contributed by atoms with Gasteiger partial charge in [0.1, 0.15) is 0 Å². The first kappa shape index (κ1) is 15.4. The van der Waals surface area contributed by atoms with Crippen LogP contribution in [0.25, 0.3) is 0 Å². The Kier molecular flexibility index (Phi) is 4.91. The standard InChI is InChI=1S/C16H16ClFN2O/c1-3-10-7-8-13(17)11(4-2)14(10)20-16(21)12-6-5-9-19-15(12)18/h5-9H,3-4H2,1-2H3,(H,20,21). The second kappa shape index (κ2) is 6.68. The van der Waals surface area contributed by atoms with Gasteiger partial charge in [-0.05, 0) is 42.2 Å². The third-order valence-electron chi connectivity index (χ3n) is 3.32. The zero-order valence-electron chi connectivity index (χ0n) is 11.9. The van der Waals surface area contributed by atoms with Gasteiger partial charge in [0.15, 0.2) is 0 Å². The number of hydrogen-bond acceptors (Lipinski definition) is 2. The van der Waals surface area contributed by atoms with Gasteiger partial charge in [0, 0.05) is 16.9 Å². The smallest absolute Gasteiger partial charge is 0.260 e. The average Bonchev–Trinajstić information content (AvgIpc) is 2.48. The van der Waals surface area contributed by atoms with E-state index in [0.717, 1.165) is 17.5 Å². The Morgan fingerprint density at radius 3 is 2.67 bits per heavy atom. The Bertz CT molecular complexity index is 673. The van der Waals surface area contributed by atoms with Gasteiger partial charge in [-0.3, -0.25) is 4.79 Å². The van der Waals surface area contributed by atoms with Crippen LogP contribution in [0.2, 0.25) is 5.02 Å². The molecule has 0 saturated carbocycles. The summed E-state index contributed by atoms with van der Waals surface area (Å²) in [6, 6.07) is 6.62. The van der Waals surface area contributed by atoms with Crippen LogP contribution >= 0.6 is 11.6 Å². The molecule has 1 amide bonds. The Morgan fingerprint density at radius 1 is 1.29 bits per heavy atom. The lowest BCUT2D eigenvalue weighted by Crippen LogP contribution is -2.17. The van der Waals surface area contributed by atoms with E-state index >= 15 is 0 Å². The molecule has 0 bridgehead atoms. The molecule has 0 spiro atoms. The number of nitrogens with one attached hydrogen (secondary N) is 1. The van der Waals surface area contributed by atoms with Crippen molar-refractivity contribution in [2.45, 2.75) is 26.7 Å². The summed E-state index contributed by atoms with van der Waals surface area (Å²) in [6.07, 6.45) is 2.73. The molecule has 0 unspecified atom stereocenters. The fourth-order valence-corrected chi connectivity index (χ4v) is 2.49. The molecule has 3 nitrogen and oxygen atoms in total. The molecule has 1 aromatic heterocycles. The summed E-state index contributed by atoms with van der Waals surface area (Å²) in [5.41, 5.74) is 2.41. The van der Waals surface area contributed by atoms with Crippen LogP contribution in [-0.4, -0.2) is 10.9 Å². The molecular weight excluding hydrogens is 291 g/mol. The number of aryl methyl sites for hydroxylation is 1. The van der Waals surface area contributed by atoms with Crippen molar-refractivity contribution >= 4 is 23.2 Å². The van der Waals surface area contributed by atoms with Gasteiger partial charge in [-0.2, -0.15) is 4.39 Å². The topological polar surface area (TPSA) is 42.0 Å². The van der Waals surface area contributed by atoms with E-state index in [2.05, 4.69) is 10.3 Å². The molecule has 5 heteroatoms. The zero-order valence-corrected chi connectivity index (χ0v) is 12.7. The monoisotopic (exact) mass is 306 g/mol. The van der Waals surface area contributed by atoms with E-state index in [1.54, 1.807) is 0 Å². The van der Waals surface area contributed by atoms with E-state index in [1.807, 2.05) is 26.0 Å². The highest BCUT2D eigenvalue weighted by atomic mass is 35.5. The number of anilines is 1. The lowest BCUT2D eigenvalue weighted by molar-refractivity contribution is 0.102. The van der Waals surface area contributed by atoms with E-state index in [1.165, 1.54) is 18.3 Å². The van der Waals surface area contributed by atoms with Gasteiger partial charge >= 0.3 is 0 Å². The maximum absolute atomic E-state index is 13.6. The van der Waals surface area contributed by atoms with Crippen molar-refractivity contribution in [3.63, 3.8) is 0 Å². The van der Waals surface area contributed by atoms with Crippen molar-refractivity contribution in [1.82, 2.24) is 4.98 Å². The van der Waals surface area contributed by atoms with Crippen LogP contribution in [0.1, 0.15) is 35.3 Å². The molecule has 1 aromatic carbocycles. The summed E-state index contributed by atoms with van der Waals surface area (Å²) in [7, 11) is 0. The molecule has 0 aliphatic carbocycles. The Balaban J connectivity index is 2.41. The van der Waals surface area contributed by atoms with E-state index in [4.69, 9.17) is 11.6 Å². The van der Waals surface area contributed by atoms with Gasteiger partial charge < -0.3 is 5.32 Å². The fraction of sp³-hybridized carbons (Fsp3) is 0.250. The van der Waals surface area contributed by atoms with Crippen LogP contribution < -0.4 is 5.32 Å². The highest BCUT2D eigenvalue weighted by Crippen LogP contribution is 2.30. The minimum Gasteiger partial charge on any atom is -0.321 e. The van der Waals surface area contributed by atoms with Crippen molar-refractivity contribution in [2.75, 3.05) is 5.32 Å². The van der Waals surface area contributed by atoms with Gasteiger partial charge in [-0.1, -0.05) is 31.5 Å². The molecular formula is C16H16ClFN2O. The quantitative estimate of drug-likeness (QED) is 0.858. The van der Waals surface area contributed by atoms with Gasteiger partial charge in [0.05, 0.1) is 5.56 Å². The molecule has 0 atom stereocenters. The summed E-state index contributed by atoms with van der Waals surface area (Å²) in [5, 5.41) is 3.37.